The maximum Gasteiger partial charge on any atom is 0.206 e. The van der Waals surface area contributed by atoms with Gasteiger partial charge in [0.15, 0.2) is 0 Å². The van der Waals surface area contributed by atoms with Gasteiger partial charge in [-0.15, -0.1) is 10.2 Å². The molecule has 3 rings (SSSR count). The Bertz CT molecular complexity index is 680. The Morgan fingerprint density at radius 3 is 2.79 bits per heavy atom. The number of aromatic nitrogens is 5. The normalized spacial score (nSPS) is 10.6. The highest BCUT2D eigenvalue weighted by Gasteiger charge is 2.07. The Balaban J connectivity index is 1.85. The molecule has 19 heavy (non-hydrogen) atoms. The Morgan fingerprint density at radius 1 is 1.11 bits per heavy atom. The lowest BCUT2D eigenvalue weighted by atomic mass is 10.2. The zero-order valence-electron chi connectivity index (χ0n) is 9.94. The van der Waals surface area contributed by atoms with Crippen LogP contribution in [0.25, 0.3) is 11.4 Å². The second-order valence-corrected chi connectivity index (χ2v) is 4.38. The first-order valence-corrected chi connectivity index (χ1v) is 6.12. The van der Waals surface area contributed by atoms with Gasteiger partial charge in [-0.25, -0.2) is 0 Å². The first kappa shape index (κ1) is 11.8. The highest BCUT2D eigenvalue weighted by molar-refractivity contribution is 6.31. The average molecular weight is 272 g/mol. The van der Waals surface area contributed by atoms with Crippen LogP contribution in [0, 0.1) is 0 Å². The zero-order valence-corrected chi connectivity index (χ0v) is 10.7. The molecule has 3 aromatic rings. The summed E-state index contributed by atoms with van der Waals surface area (Å²) in [6.07, 6.45) is 3.41. The van der Waals surface area contributed by atoms with Gasteiger partial charge in [0.25, 0.3) is 0 Å². The maximum atomic E-state index is 6.10. The Hall–Kier alpha value is -2.27. The van der Waals surface area contributed by atoms with Crippen LogP contribution in [-0.2, 0) is 6.54 Å². The molecule has 0 aliphatic heterocycles. The van der Waals surface area contributed by atoms with E-state index in [-0.39, 0.29) is 0 Å². The van der Waals surface area contributed by atoms with Crippen molar-refractivity contribution in [3.8, 4) is 11.4 Å². The number of pyridine rings is 1. The smallest absolute Gasteiger partial charge is 0.206 e. The van der Waals surface area contributed by atoms with Crippen molar-refractivity contribution in [3.05, 3.63) is 59.4 Å². The zero-order chi connectivity index (χ0) is 13.1. The summed E-state index contributed by atoms with van der Waals surface area (Å²) in [5, 5.41) is 13.0. The topological polar surface area (TPSA) is 56.5 Å². The van der Waals surface area contributed by atoms with Crippen LogP contribution in [-0.4, -0.2) is 25.2 Å². The molecule has 0 radical (unpaired) electrons. The first-order valence-electron chi connectivity index (χ1n) is 5.74. The van der Waals surface area contributed by atoms with Crippen molar-refractivity contribution >= 4 is 11.6 Å². The molecule has 5 nitrogen and oxygen atoms in total. The minimum atomic E-state index is 0.493. The summed E-state index contributed by atoms with van der Waals surface area (Å²) in [5.41, 5.74) is 1.80. The van der Waals surface area contributed by atoms with E-state index in [1.807, 2.05) is 36.4 Å². The molecule has 0 spiro atoms. The van der Waals surface area contributed by atoms with E-state index in [4.69, 9.17) is 11.6 Å². The second-order valence-electron chi connectivity index (χ2n) is 3.98. The summed E-state index contributed by atoms with van der Waals surface area (Å²) in [6.45, 7) is 0.493. The van der Waals surface area contributed by atoms with Crippen molar-refractivity contribution in [2.24, 2.45) is 0 Å². The third-order valence-electron chi connectivity index (χ3n) is 2.64. The van der Waals surface area contributed by atoms with E-state index in [2.05, 4.69) is 20.4 Å². The summed E-state index contributed by atoms with van der Waals surface area (Å²) in [7, 11) is 0. The molecule has 2 aromatic heterocycles. The van der Waals surface area contributed by atoms with Crippen molar-refractivity contribution in [3.63, 3.8) is 0 Å². The predicted molar refractivity (Wildman–Crippen MR) is 71.6 cm³/mol. The highest BCUT2D eigenvalue weighted by Crippen LogP contribution is 2.16. The first-order chi connectivity index (χ1) is 9.33. The van der Waals surface area contributed by atoms with Crippen LogP contribution in [0.3, 0.4) is 0 Å². The molecule has 0 saturated heterocycles. The summed E-state index contributed by atoms with van der Waals surface area (Å²) >= 11 is 6.10. The Labute approximate surface area is 114 Å². The van der Waals surface area contributed by atoms with E-state index < -0.39 is 0 Å². The summed E-state index contributed by atoms with van der Waals surface area (Å²) in [5.74, 6) is 0.556. The molecular weight excluding hydrogens is 262 g/mol. The second kappa shape index (κ2) is 5.16. The fourth-order valence-electron chi connectivity index (χ4n) is 1.70. The molecule has 2 heterocycles. The van der Waals surface area contributed by atoms with Gasteiger partial charge in [-0.05, 0) is 29.0 Å². The standard InChI is InChI=1S/C13H10ClN5/c14-12-6-2-1-4-11(12)9-19-17-13(16-18-19)10-5-3-7-15-8-10/h1-8H,9H2. The number of hydrogen-bond acceptors (Lipinski definition) is 4. The molecule has 0 fully saturated rings. The van der Waals surface area contributed by atoms with Crippen LogP contribution in [0.5, 0.6) is 0 Å². The molecule has 0 atom stereocenters. The monoisotopic (exact) mass is 271 g/mol. The summed E-state index contributed by atoms with van der Waals surface area (Å²) < 4.78 is 0. The molecule has 0 bridgehead atoms. The lowest BCUT2D eigenvalue weighted by molar-refractivity contribution is 0.573. The lowest BCUT2D eigenvalue weighted by Crippen LogP contribution is -2.04. The number of tetrazole rings is 1. The fraction of sp³-hybridized carbons (Fsp3) is 0.0769. The van der Waals surface area contributed by atoms with Gasteiger partial charge in [0.2, 0.25) is 5.82 Å². The molecule has 0 N–H and O–H groups in total. The Kier molecular flexibility index (Phi) is 3.20. The fourth-order valence-corrected chi connectivity index (χ4v) is 1.90. The molecule has 1 aromatic carbocycles. The van der Waals surface area contributed by atoms with E-state index in [1.165, 1.54) is 4.80 Å². The third kappa shape index (κ3) is 2.61. The number of nitrogens with zero attached hydrogens (tertiary/aromatic N) is 5. The molecule has 94 valence electrons. The predicted octanol–water partition coefficient (Wildman–Crippen LogP) is 2.44. The average Bonchev–Trinajstić information content (AvgIpc) is 2.91. The largest absolute Gasteiger partial charge is 0.264 e. The lowest BCUT2D eigenvalue weighted by Gasteiger charge is -2.01. The molecule has 6 heteroatoms. The van der Waals surface area contributed by atoms with E-state index in [0.29, 0.717) is 17.4 Å². The van der Waals surface area contributed by atoms with Crippen LogP contribution < -0.4 is 0 Å². The van der Waals surface area contributed by atoms with E-state index in [1.54, 1.807) is 12.4 Å². The molecular formula is C13H10ClN5. The highest BCUT2D eigenvalue weighted by atomic mass is 35.5. The minimum Gasteiger partial charge on any atom is -0.264 e. The molecule has 0 amide bonds. The van der Waals surface area contributed by atoms with Crippen molar-refractivity contribution in [1.82, 2.24) is 25.2 Å². The quantitative estimate of drug-likeness (QED) is 0.734. The van der Waals surface area contributed by atoms with Gasteiger partial charge in [0.1, 0.15) is 0 Å². The van der Waals surface area contributed by atoms with Crippen molar-refractivity contribution in [1.29, 1.82) is 0 Å². The van der Waals surface area contributed by atoms with Gasteiger partial charge in [0.05, 0.1) is 6.54 Å². The minimum absolute atomic E-state index is 0.493. The van der Waals surface area contributed by atoms with Crippen LogP contribution in [0.1, 0.15) is 5.56 Å². The van der Waals surface area contributed by atoms with Gasteiger partial charge in [-0.1, -0.05) is 29.8 Å². The van der Waals surface area contributed by atoms with Crippen molar-refractivity contribution in [2.45, 2.75) is 6.54 Å². The van der Waals surface area contributed by atoms with Gasteiger partial charge >= 0.3 is 0 Å². The van der Waals surface area contributed by atoms with Crippen molar-refractivity contribution in [2.75, 3.05) is 0 Å². The van der Waals surface area contributed by atoms with Gasteiger partial charge < -0.3 is 0 Å². The third-order valence-corrected chi connectivity index (χ3v) is 3.01. The van der Waals surface area contributed by atoms with E-state index in [9.17, 15) is 0 Å². The molecule has 0 saturated carbocycles. The number of benzene rings is 1. The summed E-state index contributed by atoms with van der Waals surface area (Å²) in [4.78, 5) is 5.55. The van der Waals surface area contributed by atoms with E-state index in [0.717, 1.165) is 11.1 Å². The van der Waals surface area contributed by atoms with Gasteiger partial charge in [0, 0.05) is 23.0 Å². The number of halogens is 1. The van der Waals surface area contributed by atoms with Crippen LogP contribution in [0.4, 0.5) is 0 Å². The van der Waals surface area contributed by atoms with Crippen LogP contribution in [0.15, 0.2) is 48.8 Å². The Morgan fingerprint density at radius 2 is 2.00 bits per heavy atom. The molecule has 0 unspecified atom stereocenters. The van der Waals surface area contributed by atoms with Crippen LogP contribution in [0.2, 0.25) is 5.02 Å². The SMILES string of the molecule is Clc1ccccc1Cn1nnc(-c2cccnc2)n1. The van der Waals surface area contributed by atoms with Gasteiger partial charge in [-0.3, -0.25) is 4.98 Å². The van der Waals surface area contributed by atoms with Crippen molar-refractivity contribution < 1.29 is 0 Å². The van der Waals surface area contributed by atoms with Gasteiger partial charge in [-0.2, -0.15) is 4.80 Å². The van der Waals surface area contributed by atoms with E-state index >= 15 is 0 Å². The summed E-state index contributed by atoms with van der Waals surface area (Å²) in [6, 6.07) is 11.3. The molecule has 0 aliphatic rings. The maximum absolute atomic E-state index is 6.10. The molecule has 0 aliphatic carbocycles. The van der Waals surface area contributed by atoms with Crippen LogP contribution >= 0.6 is 11.6 Å². The number of rotatable bonds is 3. The number of hydrogen-bond donors (Lipinski definition) is 0.